The van der Waals surface area contributed by atoms with Crippen molar-refractivity contribution in [2.24, 2.45) is 0 Å². The summed E-state index contributed by atoms with van der Waals surface area (Å²) in [5.74, 6) is -0.339. The van der Waals surface area contributed by atoms with Gasteiger partial charge in [0, 0.05) is 20.0 Å². The first-order chi connectivity index (χ1) is 20.1. The first-order valence-corrected chi connectivity index (χ1v) is 15.1. The molecule has 1 atom stereocenters. The first kappa shape index (κ1) is 30.3. The van der Waals surface area contributed by atoms with Crippen LogP contribution in [-0.2, 0) is 32.6 Å². The van der Waals surface area contributed by atoms with Crippen molar-refractivity contribution in [1.29, 1.82) is 0 Å². The zero-order valence-electron chi connectivity index (χ0n) is 23.3. The number of amides is 2. The van der Waals surface area contributed by atoms with E-state index in [0.717, 1.165) is 16.1 Å². The van der Waals surface area contributed by atoms with Crippen molar-refractivity contribution in [1.82, 2.24) is 10.2 Å². The van der Waals surface area contributed by atoms with Crippen molar-refractivity contribution in [2.75, 3.05) is 24.2 Å². The van der Waals surface area contributed by atoms with Crippen LogP contribution in [0.15, 0.2) is 109 Å². The second kappa shape index (κ2) is 13.8. The number of benzene rings is 4. The second-order valence-corrected chi connectivity index (χ2v) is 11.6. The van der Waals surface area contributed by atoms with Crippen LogP contribution in [0.2, 0.25) is 0 Å². The predicted octanol–water partition coefficient (Wildman–Crippen LogP) is 4.77. The van der Waals surface area contributed by atoms with Gasteiger partial charge in [-0.05, 0) is 59.7 Å². The van der Waals surface area contributed by atoms with Gasteiger partial charge >= 0.3 is 0 Å². The highest BCUT2D eigenvalue weighted by molar-refractivity contribution is 7.92. The molecule has 0 saturated carbocycles. The van der Waals surface area contributed by atoms with E-state index in [1.807, 2.05) is 48.5 Å². The van der Waals surface area contributed by atoms with E-state index in [4.69, 9.17) is 4.74 Å². The molecule has 0 aliphatic heterocycles. The van der Waals surface area contributed by atoms with Gasteiger partial charge in [-0.15, -0.1) is 0 Å². The SMILES string of the molecule is CNC(=O)C(Cc1ccccc1)N(Cc1ccc(F)cc1)C(=O)CN(c1ccc(Oc2ccccc2)cc1)S(C)(=O)=O. The molecule has 2 amide bonds. The molecule has 0 fully saturated rings. The van der Waals surface area contributed by atoms with Gasteiger partial charge in [-0.2, -0.15) is 0 Å². The van der Waals surface area contributed by atoms with Crippen molar-refractivity contribution in [3.63, 3.8) is 0 Å². The molecule has 0 aromatic heterocycles. The maximum absolute atomic E-state index is 13.9. The maximum atomic E-state index is 13.9. The lowest BCUT2D eigenvalue weighted by atomic mass is 10.0. The highest BCUT2D eigenvalue weighted by Crippen LogP contribution is 2.26. The molecule has 1 unspecified atom stereocenters. The lowest BCUT2D eigenvalue weighted by molar-refractivity contribution is -0.139. The number of likely N-dealkylation sites (N-methyl/N-ethyl adjacent to an activating group) is 1. The van der Waals surface area contributed by atoms with Crippen LogP contribution in [0.25, 0.3) is 0 Å². The molecule has 1 N–H and O–H groups in total. The van der Waals surface area contributed by atoms with Gasteiger partial charge in [-0.25, -0.2) is 12.8 Å². The van der Waals surface area contributed by atoms with E-state index in [1.54, 1.807) is 36.4 Å². The monoisotopic (exact) mass is 589 g/mol. The zero-order valence-corrected chi connectivity index (χ0v) is 24.1. The van der Waals surface area contributed by atoms with Gasteiger partial charge < -0.3 is 15.0 Å². The van der Waals surface area contributed by atoms with E-state index >= 15 is 0 Å². The van der Waals surface area contributed by atoms with Crippen LogP contribution in [0.1, 0.15) is 11.1 Å². The summed E-state index contributed by atoms with van der Waals surface area (Å²) < 4.78 is 46.3. The van der Waals surface area contributed by atoms with E-state index in [0.29, 0.717) is 17.1 Å². The van der Waals surface area contributed by atoms with Crippen molar-refractivity contribution in [3.05, 3.63) is 126 Å². The molecule has 0 radical (unpaired) electrons. The number of hydrogen-bond acceptors (Lipinski definition) is 5. The van der Waals surface area contributed by atoms with E-state index in [1.165, 1.54) is 36.2 Å². The van der Waals surface area contributed by atoms with Crippen LogP contribution < -0.4 is 14.4 Å². The molecule has 0 spiro atoms. The Labute approximate surface area is 245 Å². The fourth-order valence-electron chi connectivity index (χ4n) is 4.43. The smallest absolute Gasteiger partial charge is 0.244 e. The van der Waals surface area contributed by atoms with Crippen molar-refractivity contribution in [3.8, 4) is 11.5 Å². The molecule has 0 saturated heterocycles. The third-order valence-corrected chi connectivity index (χ3v) is 7.71. The van der Waals surface area contributed by atoms with Gasteiger partial charge in [0.05, 0.1) is 11.9 Å². The van der Waals surface area contributed by atoms with Crippen LogP contribution in [0, 0.1) is 5.82 Å². The Morgan fingerprint density at radius 2 is 1.38 bits per heavy atom. The number of para-hydroxylation sites is 1. The Bertz CT molecular complexity index is 1580. The largest absolute Gasteiger partial charge is 0.457 e. The Hall–Kier alpha value is -4.70. The van der Waals surface area contributed by atoms with Crippen LogP contribution in [0.4, 0.5) is 10.1 Å². The number of carbonyl (C=O) groups excluding carboxylic acids is 2. The average Bonchev–Trinajstić information content (AvgIpc) is 2.99. The molecular formula is C32H32FN3O5S. The number of rotatable bonds is 12. The Morgan fingerprint density at radius 3 is 1.95 bits per heavy atom. The van der Waals surface area contributed by atoms with E-state index in [-0.39, 0.29) is 18.7 Å². The molecule has 0 bridgehead atoms. The van der Waals surface area contributed by atoms with Crippen molar-refractivity contribution in [2.45, 2.75) is 19.0 Å². The standard InChI is InChI=1S/C32H32FN3O5S/c1-34-32(38)30(21-24-9-5-3-6-10-24)35(22-25-13-15-26(33)16-14-25)31(37)23-36(42(2,39)40)27-17-19-29(20-18-27)41-28-11-7-4-8-12-28/h3-20,30H,21-23H2,1-2H3,(H,34,38). The molecule has 4 aromatic rings. The Kier molecular flexibility index (Phi) is 9.93. The molecular weight excluding hydrogens is 557 g/mol. The fraction of sp³-hybridized carbons (Fsp3) is 0.188. The van der Waals surface area contributed by atoms with Crippen LogP contribution in [0.3, 0.4) is 0 Å². The summed E-state index contributed by atoms with van der Waals surface area (Å²) in [6.07, 6.45) is 1.21. The van der Waals surface area contributed by atoms with Gasteiger partial charge in [0.1, 0.15) is 29.9 Å². The highest BCUT2D eigenvalue weighted by Gasteiger charge is 2.32. The quantitative estimate of drug-likeness (QED) is 0.257. The molecule has 4 aromatic carbocycles. The number of halogens is 1. The summed E-state index contributed by atoms with van der Waals surface area (Å²) in [5, 5.41) is 2.62. The summed E-state index contributed by atoms with van der Waals surface area (Å²) in [7, 11) is -2.44. The lowest BCUT2D eigenvalue weighted by Gasteiger charge is -2.33. The van der Waals surface area contributed by atoms with Gasteiger partial charge in [0.2, 0.25) is 21.8 Å². The van der Waals surface area contributed by atoms with E-state index in [2.05, 4.69) is 5.32 Å². The average molecular weight is 590 g/mol. The van der Waals surface area contributed by atoms with Crippen molar-refractivity contribution < 1.29 is 27.1 Å². The molecule has 218 valence electrons. The summed E-state index contributed by atoms with van der Waals surface area (Å²) in [5.41, 5.74) is 1.66. The third kappa shape index (κ3) is 8.17. The summed E-state index contributed by atoms with van der Waals surface area (Å²) >= 11 is 0. The number of anilines is 1. The highest BCUT2D eigenvalue weighted by atomic mass is 32.2. The van der Waals surface area contributed by atoms with E-state index in [9.17, 15) is 22.4 Å². The van der Waals surface area contributed by atoms with Crippen LogP contribution >= 0.6 is 0 Å². The van der Waals surface area contributed by atoms with Gasteiger partial charge in [0.15, 0.2) is 0 Å². The predicted molar refractivity (Wildman–Crippen MR) is 160 cm³/mol. The fourth-order valence-corrected chi connectivity index (χ4v) is 5.28. The summed E-state index contributed by atoms with van der Waals surface area (Å²) in [6.45, 7) is -0.591. The topological polar surface area (TPSA) is 96.0 Å². The number of nitrogens with zero attached hydrogens (tertiary/aromatic N) is 2. The summed E-state index contributed by atoms with van der Waals surface area (Å²) in [6, 6.07) is 29.3. The number of carbonyl (C=O) groups is 2. The van der Waals surface area contributed by atoms with Crippen LogP contribution in [-0.4, -0.2) is 51.0 Å². The number of hydrogen-bond donors (Lipinski definition) is 1. The zero-order chi connectivity index (χ0) is 30.1. The lowest BCUT2D eigenvalue weighted by Crippen LogP contribution is -2.52. The molecule has 0 aliphatic carbocycles. The molecule has 10 heteroatoms. The maximum Gasteiger partial charge on any atom is 0.244 e. The minimum absolute atomic E-state index is 0.0362. The first-order valence-electron chi connectivity index (χ1n) is 13.2. The second-order valence-electron chi connectivity index (χ2n) is 9.65. The van der Waals surface area contributed by atoms with E-state index < -0.39 is 40.2 Å². The molecule has 0 heterocycles. The minimum atomic E-state index is -3.91. The molecule has 4 rings (SSSR count). The van der Waals surface area contributed by atoms with Crippen LogP contribution in [0.5, 0.6) is 11.5 Å². The minimum Gasteiger partial charge on any atom is -0.457 e. The van der Waals surface area contributed by atoms with Crippen molar-refractivity contribution >= 4 is 27.5 Å². The van der Waals surface area contributed by atoms with Gasteiger partial charge in [-0.1, -0.05) is 60.7 Å². The van der Waals surface area contributed by atoms with Gasteiger partial charge in [0.25, 0.3) is 0 Å². The number of ether oxygens (including phenoxy) is 1. The summed E-state index contributed by atoms with van der Waals surface area (Å²) in [4.78, 5) is 28.4. The number of nitrogens with one attached hydrogen (secondary N) is 1. The van der Waals surface area contributed by atoms with Gasteiger partial charge in [-0.3, -0.25) is 13.9 Å². The normalized spacial score (nSPS) is 11.8. The number of sulfonamides is 1. The Balaban J connectivity index is 1.64. The third-order valence-electron chi connectivity index (χ3n) is 6.57. The molecule has 8 nitrogen and oxygen atoms in total. The molecule has 0 aliphatic rings. The molecule has 42 heavy (non-hydrogen) atoms. The Morgan fingerprint density at radius 1 is 0.810 bits per heavy atom.